The van der Waals surface area contributed by atoms with Gasteiger partial charge in [-0.1, -0.05) is 31.4 Å². The van der Waals surface area contributed by atoms with Crippen LogP contribution in [0, 0.1) is 5.41 Å². The van der Waals surface area contributed by atoms with Gasteiger partial charge in [0.05, 0.1) is 0 Å². The number of hydrogen-bond acceptors (Lipinski definition) is 2. The van der Waals surface area contributed by atoms with Gasteiger partial charge >= 0.3 is 0 Å². The van der Waals surface area contributed by atoms with E-state index in [1.165, 1.54) is 19.3 Å². The lowest BCUT2D eigenvalue weighted by Crippen LogP contribution is -2.42. The second-order valence-electron chi connectivity index (χ2n) is 5.99. The van der Waals surface area contributed by atoms with Crippen LogP contribution in [0.1, 0.15) is 57.8 Å². The molecule has 2 rings (SSSR count). The zero-order valence-corrected chi connectivity index (χ0v) is 11.3. The normalized spacial score (nSPS) is 26.8. The van der Waals surface area contributed by atoms with Gasteiger partial charge in [0.1, 0.15) is 0 Å². The van der Waals surface area contributed by atoms with E-state index < -0.39 is 0 Å². The topological polar surface area (TPSA) is 55.1 Å². The largest absolute Gasteiger partial charge is 0.353 e. The Bertz CT molecular complexity index is 306. The number of carbonyl (C=O) groups excluding carboxylic acids is 1. The molecule has 1 fully saturated rings. The lowest BCUT2D eigenvalue weighted by molar-refractivity contribution is -0.124. The standard InChI is InChI=1S/C15H26N2O/c16-12-15(9-5-2-6-10-15)11-14(18)17-13-7-3-1-4-8-13/h1,3,13H,2,4-12,16H2,(H,17,18). The van der Waals surface area contributed by atoms with E-state index in [1.807, 2.05) is 0 Å². The summed E-state index contributed by atoms with van der Waals surface area (Å²) in [4.78, 5) is 12.2. The number of amides is 1. The predicted molar refractivity (Wildman–Crippen MR) is 74.1 cm³/mol. The van der Waals surface area contributed by atoms with Gasteiger partial charge in [-0.2, -0.15) is 0 Å². The monoisotopic (exact) mass is 250 g/mol. The van der Waals surface area contributed by atoms with Gasteiger partial charge < -0.3 is 11.1 Å². The van der Waals surface area contributed by atoms with Gasteiger partial charge in [-0.25, -0.2) is 0 Å². The molecule has 3 heteroatoms. The molecule has 102 valence electrons. The van der Waals surface area contributed by atoms with E-state index in [-0.39, 0.29) is 11.3 Å². The van der Waals surface area contributed by atoms with Crippen LogP contribution in [0.3, 0.4) is 0 Å². The van der Waals surface area contributed by atoms with Crippen molar-refractivity contribution in [1.82, 2.24) is 5.32 Å². The lowest BCUT2D eigenvalue weighted by Gasteiger charge is -2.36. The predicted octanol–water partition coefficient (Wildman–Crippen LogP) is 2.51. The van der Waals surface area contributed by atoms with E-state index >= 15 is 0 Å². The van der Waals surface area contributed by atoms with Crippen molar-refractivity contribution in [2.45, 2.75) is 63.8 Å². The summed E-state index contributed by atoms with van der Waals surface area (Å²) in [5, 5.41) is 3.18. The molecular formula is C15H26N2O. The molecule has 0 heterocycles. The Kier molecular flexibility index (Phi) is 4.81. The quantitative estimate of drug-likeness (QED) is 0.753. The Morgan fingerprint density at radius 2 is 2.06 bits per heavy atom. The molecule has 0 aromatic rings. The van der Waals surface area contributed by atoms with E-state index in [1.54, 1.807) is 0 Å². The van der Waals surface area contributed by atoms with Crippen LogP contribution in [0.15, 0.2) is 12.2 Å². The molecule has 1 saturated carbocycles. The molecular weight excluding hydrogens is 224 g/mol. The number of allylic oxidation sites excluding steroid dienone is 1. The molecule has 3 N–H and O–H groups in total. The van der Waals surface area contributed by atoms with Gasteiger partial charge in [0, 0.05) is 12.5 Å². The van der Waals surface area contributed by atoms with Gasteiger partial charge in [-0.15, -0.1) is 0 Å². The third-order valence-electron chi connectivity index (χ3n) is 4.52. The molecule has 0 spiro atoms. The minimum absolute atomic E-state index is 0.0901. The molecule has 0 aromatic carbocycles. The van der Waals surface area contributed by atoms with Crippen molar-refractivity contribution in [2.24, 2.45) is 11.1 Å². The number of nitrogens with two attached hydrogens (primary N) is 1. The Morgan fingerprint density at radius 3 is 2.67 bits per heavy atom. The van der Waals surface area contributed by atoms with Crippen LogP contribution in [0.5, 0.6) is 0 Å². The second-order valence-corrected chi connectivity index (χ2v) is 5.99. The summed E-state index contributed by atoms with van der Waals surface area (Å²) in [6.07, 6.45) is 14.2. The summed E-state index contributed by atoms with van der Waals surface area (Å²) < 4.78 is 0. The molecule has 1 atom stereocenters. The zero-order chi connectivity index (χ0) is 12.8. The minimum Gasteiger partial charge on any atom is -0.353 e. The molecule has 18 heavy (non-hydrogen) atoms. The van der Waals surface area contributed by atoms with Crippen LogP contribution in [-0.2, 0) is 4.79 Å². The molecule has 1 unspecified atom stereocenters. The van der Waals surface area contributed by atoms with Crippen molar-refractivity contribution in [2.75, 3.05) is 6.54 Å². The lowest BCUT2D eigenvalue weighted by atomic mass is 9.71. The van der Waals surface area contributed by atoms with E-state index in [9.17, 15) is 4.79 Å². The van der Waals surface area contributed by atoms with Gasteiger partial charge in [0.15, 0.2) is 0 Å². The maximum Gasteiger partial charge on any atom is 0.220 e. The molecule has 1 amide bonds. The Morgan fingerprint density at radius 1 is 1.28 bits per heavy atom. The third-order valence-corrected chi connectivity index (χ3v) is 4.52. The number of nitrogens with one attached hydrogen (secondary N) is 1. The average molecular weight is 250 g/mol. The van der Waals surface area contributed by atoms with E-state index in [2.05, 4.69) is 17.5 Å². The highest BCUT2D eigenvalue weighted by Gasteiger charge is 2.33. The minimum atomic E-state index is 0.0901. The fourth-order valence-corrected chi connectivity index (χ4v) is 3.30. The first kappa shape index (κ1) is 13.6. The summed E-state index contributed by atoms with van der Waals surface area (Å²) in [5.41, 5.74) is 6.02. The Balaban J connectivity index is 1.83. The number of rotatable bonds is 4. The molecule has 2 aliphatic rings. The fourth-order valence-electron chi connectivity index (χ4n) is 3.30. The summed E-state index contributed by atoms with van der Waals surface area (Å²) in [6.45, 7) is 0.658. The van der Waals surface area contributed by atoms with Crippen LogP contribution in [-0.4, -0.2) is 18.5 Å². The van der Waals surface area contributed by atoms with Gasteiger partial charge in [-0.05, 0) is 44.1 Å². The van der Waals surface area contributed by atoms with E-state index in [0.29, 0.717) is 19.0 Å². The summed E-state index contributed by atoms with van der Waals surface area (Å²) in [6, 6.07) is 0.348. The maximum atomic E-state index is 12.2. The van der Waals surface area contributed by atoms with Crippen LogP contribution in [0.4, 0.5) is 0 Å². The van der Waals surface area contributed by atoms with Gasteiger partial charge in [0.25, 0.3) is 0 Å². The maximum absolute atomic E-state index is 12.2. The third kappa shape index (κ3) is 3.58. The molecule has 2 aliphatic carbocycles. The number of hydrogen-bond donors (Lipinski definition) is 2. The first-order valence-electron chi connectivity index (χ1n) is 7.39. The average Bonchev–Trinajstić information content (AvgIpc) is 2.41. The van der Waals surface area contributed by atoms with Gasteiger partial charge in [-0.3, -0.25) is 4.79 Å². The van der Waals surface area contributed by atoms with Crippen LogP contribution in [0.2, 0.25) is 0 Å². The number of carbonyl (C=O) groups is 1. The van der Waals surface area contributed by atoms with Gasteiger partial charge in [0.2, 0.25) is 5.91 Å². The first-order valence-corrected chi connectivity index (χ1v) is 7.39. The Labute approximate surface area is 110 Å². The highest BCUT2D eigenvalue weighted by molar-refractivity contribution is 5.77. The molecule has 3 nitrogen and oxygen atoms in total. The van der Waals surface area contributed by atoms with Crippen LogP contribution >= 0.6 is 0 Å². The van der Waals surface area contributed by atoms with Crippen molar-refractivity contribution in [3.63, 3.8) is 0 Å². The summed E-state index contributed by atoms with van der Waals surface area (Å²) >= 11 is 0. The van der Waals surface area contributed by atoms with E-state index in [4.69, 9.17) is 5.73 Å². The van der Waals surface area contributed by atoms with Crippen LogP contribution < -0.4 is 11.1 Å². The fraction of sp³-hybridized carbons (Fsp3) is 0.800. The summed E-state index contributed by atoms with van der Waals surface area (Å²) in [5.74, 6) is 0.211. The molecule has 0 radical (unpaired) electrons. The zero-order valence-electron chi connectivity index (χ0n) is 11.3. The van der Waals surface area contributed by atoms with Crippen LogP contribution in [0.25, 0.3) is 0 Å². The van der Waals surface area contributed by atoms with Crippen molar-refractivity contribution in [1.29, 1.82) is 0 Å². The molecule has 0 aliphatic heterocycles. The van der Waals surface area contributed by atoms with E-state index in [0.717, 1.165) is 32.1 Å². The van der Waals surface area contributed by atoms with Crippen molar-refractivity contribution in [3.05, 3.63) is 12.2 Å². The smallest absolute Gasteiger partial charge is 0.220 e. The molecule has 0 bridgehead atoms. The second kappa shape index (κ2) is 6.37. The SMILES string of the molecule is NCC1(CC(=O)NC2CC=CCC2)CCCCC1. The Hall–Kier alpha value is -0.830. The molecule has 0 saturated heterocycles. The molecule has 0 aromatic heterocycles. The van der Waals surface area contributed by atoms with Crippen molar-refractivity contribution >= 4 is 5.91 Å². The summed E-state index contributed by atoms with van der Waals surface area (Å²) in [7, 11) is 0. The van der Waals surface area contributed by atoms with Crippen molar-refractivity contribution in [3.8, 4) is 0 Å². The first-order chi connectivity index (χ1) is 8.74. The highest BCUT2D eigenvalue weighted by Crippen LogP contribution is 2.38. The van der Waals surface area contributed by atoms with Crippen molar-refractivity contribution < 1.29 is 4.79 Å². The highest BCUT2D eigenvalue weighted by atomic mass is 16.1.